The van der Waals surface area contributed by atoms with E-state index in [1.165, 1.54) is 6.26 Å². The fourth-order valence-electron chi connectivity index (χ4n) is 3.15. The summed E-state index contributed by atoms with van der Waals surface area (Å²) >= 11 is 0. The minimum absolute atomic E-state index is 0.199. The molecular weight excluding hydrogens is 398 g/mol. The summed E-state index contributed by atoms with van der Waals surface area (Å²) in [5, 5.41) is 8.50. The van der Waals surface area contributed by atoms with Gasteiger partial charge in [0.1, 0.15) is 13.2 Å². The van der Waals surface area contributed by atoms with E-state index in [2.05, 4.69) is 16.0 Å². The molecule has 2 aromatic carbocycles. The number of ether oxygens (including phenoxy) is 2. The number of hydrogen-bond donors (Lipinski definition) is 3. The first kappa shape index (κ1) is 20.3. The van der Waals surface area contributed by atoms with Gasteiger partial charge in [0.05, 0.1) is 12.3 Å². The molecule has 160 valence electrons. The van der Waals surface area contributed by atoms with Crippen LogP contribution in [-0.2, 0) is 6.54 Å². The minimum Gasteiger partial charge on any atom is -0.486 e. The smallest absolute Gasteiger partial charge is 0.315 e. The third-order valence-corrected chi connectivity index (χ3v) is 4.82. The molecule has 0 bridgehead atoms. The predicted molar refractivity (Wildman–Crippen MR) is 114 cm³/mol. The van der Waals surface area contributed by atoms with Gasteiger partial charge >= 0.3 is 6.03 Å². The molecule has 8 heteroatoms. The van der Waals surface area contributed by atoms with Gasteiger partial charge in [-0.2, -0.15) is 0 Å². The Morgan fingerprint density at radius 2 is 1.77 bits per heavy atom. The van der Waals surface area contributed by atoms with Crippen molar-refractivity contribution in [3.8, 4) is 11.5 Å². The van der Waals surface area contributed by atoms with E-state index in [0.29, 0.717) is 31.2 Å². The van der Waals surface area contributed by atoms with E-state index >= 15 is 0 Å². The minimum atomic E-state index is -0.316. The van der Waals surface area contributed by atoms with E-state index in [4.69, 9.17) is 13.9 Å². The third kappa shape index (κ3) is 5.16. The number of anilines is 1. The van der Waals surface area contributed by atoms with Gasteiger partial charge in [0, 0.05) is 12.2 Å². The van der Waals surface area contributed by atoms with Gasteiger partial charge in [-0.05, 0) is 54.4 Å². The second-order valence-corrected chi connectivity index (χ2v) is 7.08. The molecule has 0 saturated heterocycles. The molecule has 0 spiro atoms. The number of furan rings is 1. The number of fused-ring (bicyclic) bond motifs is 1. The average molecular weight is 421 g/mol. The highest BCUT2D eigenvalue weighted by Crippen LogP contribution is 2.32. The van der Waals surface area contributed by atoms with Gasteiger partial charge < -0.3 is 29.8 Å². The summed E-state index contributed by atoms with van der Waals surface area (Å²) in [6.45, 7) is 3.32. The molecule has 0 unspecified atom stereocenters. The Kier molecular flexibility index (Phi) is 6.07. The van der Waals surface area contributed by atoms with Gasteiger partial charge in [-0.1, -0.05) is 18.2 Å². The maximum atomic E-state index is 12.3. The van der Waals surface area contributed by atoms with Crippen molar-refractivity contribution in [3.63, 3.8) is 0 Å². The summed E-state index contributed by atoms with van der Waals surface area (Å²) in [5.41, 5.74) is 2.47. The fourth-order valence-corrected chi connectivity index (χ4v) is 3.15. The zero-order valence-corrected chi connectivity index (χ0v) is 17.0. The Bertz CT molecular complexity index is 1050. The Morgan fingerprint density at radius 3 is 2.52 bits per heavy atom. The molecular formula is C23H23N3O5. The Labute approximate surface area is 179 Å². The second kappa shape index (κ2) is 9.25. The second-order valence-electron chi connectivity index (χ2n) is 7.08. The van der Waals surface area contributed by atoms with Crippen LogP contribution >= 0.6 is 0 Å². The maximum absolute atomic E-state index is 12.3. The molecule has 0 saturated carbocycles. The molecule has 31 heavy (non-hydrogen) atoms. The number of benzene rings is 2. The van der Waals surface area contributed by atoms with Gasteiger partial charge in [0.25, 0.3) is 5.91 Å². The number of nitrogens with one attached hydrogen (secondary N) is 3. The predicted octanol–water partition coefficient (Wildman–Crippen LogP) is 3.86. The molecule has 1 atom stereocenters. The standard InChI is InChI=1S/C23H23N3O5/c1-15(17-6-9-19-21(13-17)31-12-11-30-19)25-23(28)24-14-16-4-7-18(8-5-16)26-22(27)20-3-2-10-29-20/h2-10,13,15H,11-12,14H2,1H3,(H,26,27)(H2,24,25,28)/t15-/m0/s1. The molecule has 0 fully saturated rings. The summed E-state index contributed by atoms with van der Waals surface area (Å²) in [4.78, 5) is 24.3. The maximum Gasteiger partial charge on any atom is 0.315 e. The fraction of sp³-hybridized carbons (Fsp3) is 0.217. The summed E-state index contributed by atoms with van der Waals surface area (Å²) in [5.74, 6) is 1.34. The van der Waals surface area contributed by atoms with Crippen molar-refractivity contribution >= 4 is 17.6 Å². The lowest BCUT2D eigenvalue weighted by molar-refractivity contribution is 0.0996. The lowest BCUT2D eigenvalue weighted by atomic mass is 10.1. The lowest BCUT2D eigenvalue weighted by Gasteiger charge is -2.21. The molecule has 3 N–H and O–H groups in total. The van der Waals surface area contributed by atoms with Gasteiger partial charge in [-0.15, -0.1) is 0 Å². The molecule has 0 aliphatic carbocycles. The van der Waals surface area contributed by atoms with Crippen LogP contribution in [0.4, 0.5) is 10.5 Å². The summed E-state index contributed by atoms with van der Waals surface area (Å²) < 4.78 is 16.2. The number of amides is 3. The first-order chi connectivity index (χ1) is 15.1. The first-order valence-electron chi connectivity index (χ1n) is 9.96. The molecule has 8 nitrogen and oxygen atoms in total. The first-order valence-corrected chi connectivity index (χ1v) is 9.96. The zero-order chi connectivity index (χ0) is 21.6. The summed E-state index contributed by atoms with van der Waals surface area (Å²) in [6.07, 6.45) is 1.45. The number of carbonyl (C=O) groups excluding carboxylic acids is 2. The summed E-state index contributed by atoms with van der Waals surface area (Å²) in [7, 11) is 0. The quantitative estimate of drug-likeness (QED) is 0.561. The molecule has 1 aliphatic heterocycles. The third-order valence-electron chi connectivity index (χ3n) is 4.82. The van der Waals surface area contributed by atoms with Crippen molar-refractivity contribution in [2.75, 3.05) is 18.5 Å². The lowest BCUT2D eigenvalue weighted by Crippen LogP contribution is -2.36. The highest BCUT2D eigenvalue weighted by atomic mass is 16.6. The largest absolute Gasteiger partial charge is 0.486 e. The molecule has 3 aromatic rings. The number of rotatable bonds is 6. The van der Waals surface area contributed by atoms with Crippen LogP contribution in [-0.4, -0.2) is 25.2 Å². The molecule has 3 amide bonds. The van der Waals surface area contributed by atoms with Crippen molar-refractivity contribution in [1.82, 2.24) is 10.6 Å². The van der Waals surface area contributed by atoms with Gasteiger partial charge in [-0.25, -0.2) is 4.79 Å². The molecule has 4 rings (SSSR count). The number of hydrogen-bond acceptors (Lipinski definition) is 5. The van der Waals surface area contributed by atoms with Gasteiger partial charge in [0.15, 0.2) is 17.3 Å². The van der Waals surface area contributed by atoms with Crippen LogP contribution in [0.15, 0.2) is 65.3 Å². The van der Waals surface area contributed by atoms with Crippen molar-refractivity contribution in [2.45, 2.75) is 19.5 Å². The van der Waals surface area contributed by atoms with Crippen LogP contribution in [0.1, 0.15) is 34.6 Å². The van der Waals surface area contributed by atoms with E-state index in [1.54, 1.807) is 24.3 Å². The molecule has 1 aromatic heterocycles. The van der Waals surface area contributed by atoms with E-state index in [0.717, 1.165) is 16.9 Å². The normalized spacial score (nSPS) is 13.2. The van der Waals surface area contributed by atoms with Crippen LogP contribution in [0.5, 0.6) is 11.5 Å². The highest BCUT2D eigenvalue weighted by Gasteiger charge is 2.16. The van der Waals surface area contributed by atoms with Gasteiger partial charge in [-0.3, -0.25) is 4.79 Å². The number of urea groups is 1. The number of carbonyl (C=O) groups is 2. The van der Waals surface area contributed by atoms with Crippen LogP contribution < -0.4 is 25.4 Å². The average Bonchev–Trinajstić information content (AvgIpc) is 3.33. The molecule has 0 radical (unpaired) electrons. The summed E-state index contributed by atoms with van der Waals surface area (Å²) in [6, 6.07) is 15.6. The van der Waals surface area contributed by atoms with E-state index in [9.17, 15) is 9.59 Å². The van der Waals surface area contributed by atoms with Crippen LogP contribution in [0.25, 0.3) is 0 Å². The van der Waals surface area contributed by atoms with Gasteiger partial charge in [0.2, 0.25) is 0 Å². The van der Waals surface area contributed by atoms with Crippen molar-refractivity contribution in [2.24, 2.45) is 0 Å². The Balaban J connectivity index is 1.26. The van der Waals surface area contributed by atoms with E-state index in [1.807, 2.05) is 37.3 Å². The van der Waals surface area contributed by atoms with E-state index in [-0.39, 0.29) is 23.7 Å². The van der Waals surface area contributed by atoms with Crippen molar-refractivity contribution in [1.29, 1.82) is 0 Å². The van der Waals surface area contributed by atoms with Crippen LogP contribution in [0.3, 0.4) is 0 Å². The van der Waals surface area contributed by atoms with Crippen LogP contribution in [0.2, 0.25) is 0 Å². The SMILES string of the molecule is C[C@H](NC(=O)NCc1ccc(NC(=O)c2ccco2)cc1)c1ccc2c(c1)OCCO2. The van der Waals surface area contributed by atoms with Crippen molar-refractivity contribution < 1.29 is 23.5 Å². The molecule has 1 aliphatic rings. The molecule has 2 heterocycles. The van der Waals surface area contributed by atoms with Crippen LogP contribution in [0, 0.1) is 0 Å². The Morgan fingerprint density at radius 1 is 1.00 bits per heavy atom. The Hall–Kier alpha value is -3.94. The highest BCUT2D eigenvalue weighted by molar-refractivity contribution is 6.02. The zero-order valence-electron chi connectivity index (χ0n) is 17.0. The monoisotopic (exact) mass is 421 g/mol. The van der Waals surface area contributed by atoms with Crippen molar-refractivity contribution in [3.05, 3.63) is 77.7 Å². The van der Waals surface area contributed by atoms with E-state index < -0.39 is 0 Å². The topological polar surface area (TPSA) is 102 Å².